The van der Waals surface area contributed by atoms with Gasteiger partial charge in [-0.3, -0.25) is 9.59 Å². The summed E-state index contributed by atoms with van der Waals surface area (Å²) < 4.78 is 10.6. The molecule has 2 N–H and O–H groups in total. The van der Waals surface area contributed by atoms with Crippen LogP contribution in [0.1, 0.15) is 17.3 Å². The molecule has 27 heavy (non-hydrogen) atoms. The molecule has 1 atom stereocenters. The molecule has 0 saturated heterocycles. The molecule has 7 heteroatoms. The minimum Gasteiger partial charge on any atom is -0.472 e. The van der Waals surface area contributed by atoms with Crippen LogP contribution in [0.4, 0.5) is 5.69 Å². The fraction of sp³-hybridized carbons (Fsp3) is 0.100. The molecule has 138 valence electrons. The standard InChI is InChI=1S/C20H17ClN2O4/c1-13(22-20(25)14-10-11-26-12-14)19(24)23-15-6-8-16(9-7-15)27-18-5-3-2-4-17(18)21/h2-13H,1H3,(H,22,25)(H,23,24). The average Bonchev–Trinajstić information content (AvgIpc) is 3.20. The molecule has 0 aliphatic carbocycles. The molecule has 0 fully saturated rings. The van der Waals surface area contributed by atoms with E-state index in [2.05, 4.69) is 10.6 Å². The molecule has 0 spiro atoms. The number of halogens is 1. The third-order valence-corrected chi connectivity index (χ3v) is 4.02. The fourth-order valence-electron chi connectivity index (χ4n) is 2.25. The van der Waals surface area contributed by atoms with Gasteiger partial charge in [0.2, 0.25) is 5.91 Å². The third-order valence-electron chi connectivity index (χ3n) is 3.71. The van der Waals surface area contributed by atoms with Gasteiger partial charge in [-0.1, -0.05) is 23.7 Å². The van der Waals surface area contributed by atoms with Gasteiger partial charge in [0.1, 0.15) is 23.8 Å². The zero-order chi connectivity index (χ0) is 19.2. The van der Waals surface area contributed by atoms with Crippen molar-refractivity contribution in [1.29, 1.82) is 0 Å². The van der Waals surface area contributed by atoms with Crippen molar-refractivity contribution in [2.75, 3.05) is 5.32 Å². The van der Waals surface area contributed by atoms with Crippen molar-refractivity contribution in [3.63, 3.8) is 0 Å². The largest absolute Gasteiger partial charge is 0.472 e. The summed E-state index contributed by atoms with van der Waals surface area (Å²) in [6, 6.07) is 14.8. The Balaban J connectivity index is 1.56. The highest BCUT2D eigenvalue weighted by molar-refractivity contribution is 6.32. The van der Waals surface area contributed by atoms with E-state index in [1.165, 1.54) is 18.6 Å². The summed E-state index contributed by atoms with van der Waals surface area (Å²) in [7, 11) is 0. The summed E-state index contributed by atoms with van der Waals surface area (Å²) in [4.78, 5) is 24.2. The molecule has 3 aromatic rings. The predicted molar refractivity (Wildman–Crippen MR) is 102 cm³/mol. The van der Waals surface area contributed by atoms with E-state index in [-0.39, 0.29) is 11.8 Å². The Hall–Kier alpha value is -3.25. The molecule has 1 heterocycles. The van der Waals surface area contributed by atoms with Crippen LogP contribution in [-0.4, -0.2) is 17.9 Å². The Morgan fingerprint density at radius 1 is 1.07 bits per heavy atom. The summed E-state index contributed by atoms with van der Waals surface area (Å²) in [5.74, 6) is 0.412. The lowest BCUT2D eigenvalue weighted by Crippen LogP contribution is -2.41. The van der Waals surface area contributed by atoms with E-state index < -0.39 is 6.04 Å². The maximum Gasteiger partial charge on any atom is 0.255 e. The number of rotatable bonds is 6. The fourth-order valence-corrected chi connectivity index (χ4v) is 2.42. The Bertz CT molecular complexity index is 923. The van der Waals surface area contributed by atoms with Crippen LogP contribution >= 0.6 is 11.6 Å². The second-order valence-electron chi connectivity index (χ2n) is 5.75. The van der Waals surface area contributed by atoms with E-state index in [9.17, 15) is 9.59 Å². The smallest absolute Gasteiger partial charge is 0.255 e. The molecule has 1 aromatic heterocycles. The molecule has 3 rings (SSSR count). The van der Waals surface area contributed by atoms with Crippen LogP contribution < -0.4 is 15.4 Å². The molecule has 0 bridgehead atoms. The van der Waals surface area contributed by atoms with Gasteiger partial charge in [0.15, 0.2) is 0 Å². The maximum atomic E-state index is 12.2. The summed E-state index contributed by atoms with van der Waals surface area (Å²) >= 11 is 6.07. The van der Waals surface area contributed by atoms with Gasteiger partial charge < -0.3 is 19.8 Å². The van der Waals surface area contributed by atoms with Crippen LogP contribution in [0, 0.1) is 0 Å². The highest BCUT2D eigenvalue weighted by Crippen LogP contribution is 2.29. The molecule has 0 aliphatic heterocycles. The first-order valence-corrected chi connectivity index (χ1v) is 8.57. The number of ether oxygens (including phenoxy) is 1. The van der Waals surface area contributed by atoms with Crippen LogP contribution in [0.3, 0.4) is 0 Å². The third kappa shape index (κ3) is 4.89. The Labute approximate surface area is 161 Å². The van der Waals surface area contributed by atoms with E-state index in [1.807, 2.05) is 12.1 Å². The van der Waals surface area contributed by atoms with E-state index >= 15 is 0 Å². The molecular weight excluding hydrogens is 368 g/mol. The number of anilines is 1. The molecule has 6 nitrogen and oxygen atoms in total. The Morgan fingerprint density at radius 3 is 2.48 bits per heavy atom. The SMILES string of the molecule is CC(NC(=O)c1ccoc1)C(=O)Nc1ccc(Oc2ccccc2Cl)cc1. The van der Waals surface area contributed by atoms with Gasteiger partial charge >= 0.3 is 0 Å². The van der Waals surface area contributed by atoms with Crippen molar-refractivity contribution in [3.05, 3.63) is 77.7 Å². The first-order chi connectivity index (χ1) is 13.0. The second kappa shape index (κ2) is 8.42. The van der Waals surface area contributed by atoms with E-state index in [0.717, 1.165) is 0 Å². The van der Waals surface area contributed by atoms with Crippen LogP contribution in [0.15, 0.2) is 71.5 Å². The van der Waals surface area contributed by atoms with Gasteiger partial charge in [-0.15, -0.1) is 0 Å². The monoisotopic (exact) mass is 384 g/mol. The Morgan fingerprint density at radius 2 is 1.81 bits per heavy atom. The highest BCUT2D eigenvalue weighted by atomic mass is 35.5. The van der Waals surface area contributed by atoms with Crippen molar-refractivity contribution in [3.8, 4) is 11.5 Å². The predicted octanol–water partition coefficient (Wildman–Crippen LogP) is 4.48. The molecule has 2 amide bonds. The lowest BCUT2D eigenvalue weighted by atomic mass is 10.2. The molecule has 0 radical (unpaired) electrons. The number of para-hydroxylation sites is 1. The normalized spacial score (nSPS) is 11.5. The van der Waals surface area contributed by atoms with Crippen molar-refractivity contribution in [2.45, 2.75) is 13.0 Å². The van der Waals surface area contributed by atoms with Crippen LogP contribution in [0.2, 0.25) is 5.02 Å². The summed E-state index contributed by atoms with van der Waals surface area (Å²) in [6.07, 6.45) is 2.71. The maximum absolute atomic E-state index is 12.2. The van der Waals surface area contributed by atoms with E-state index in [1.54, 1.807) is 43.3 Å². The number of hydrogen-bond acceptors (Lipinski definition) is 4. The zero-order valence-electron chi connectivity index (χ0n) is 14.4. The summed E-state index contributed by atoms with van der Waals surface area (Å²) in [5.41, 5.74) is 0.937. The lowest BCUT2D eigenvalue weighted by Gasteiger charge is -2.14. The van der Waals surface area contributed by atoms with Gasteiger partial charge in [-0.25, -0.2) is 0 Å². The number of amides is 2. The molecule has 1 unspecified atom stereocenters. The number of hydrogen-bond donors (Lipinski definition) is 2. The minimum atomic E-state index is -0.716. The van der Waals surface area contributed by atoms with Gasteiger partial charge in [0, 0.05) is 5.69 Å². The zero-order valence-corrected chi connectivity index (χ0v) is 15.2. The van der Waals surface area contributed by atoms with Crippen LogP contribution in [0.25, 0.3) is 0 Å². The topological polar surface area (TPSA) is 80.6 Å². The first kappa shape index (κ1) is 18.5. The second-order valence-corrected chi connectivity index (χ2v) is 6.16. The van der Waals surface area contributed by atoms with Crippen molar-refractivity contribution < 1.29 is 18.7 Å². The van der Waals surface area contributed by atoms with Gasteiger partial charge in [0.25, 0.3) is 5.91 Å². The lowest BCUT2D eigenvalue weighted by molar-refractivity contribution is -0.117. The molecule has 2 aromatic carbocycles. The number of nitrogens with one attached hydrogen (secondary N) is 2. The van der Waals surface area contributed by atoms with Gasteiger partial charge in [0.05, 0.1) is 16.8 Å². The number of furan rings is 1. The minimum absolute atomic E-state index is 0.341. The Kier molecular flexibility index (Phi) is 5.78. The number of carbonyl (C=O) groups excluding carboxylic acids is 2. The average molecular weight is 385 g/mol. The summed E-state index contributed by atoms with van der Waals surface area (Å²) in [5, 5.41) is 5.85. The van der Waals surface area contributed by atoms with Gasteiger partial charge in [-0.2, -0.15) is 0 Å². The first-order valence-electron chi connectivity index (χ1n) is 8.19. The molecule has 0 saturated carbocycles. The van der Waals surface area contributed by atoms with Crippen molar-refractivity contribution >= 4 is 29.1 Å². The van der Waals surface area contributed by atoms with Crippen LogP contribution in [0.5, 0.6) is 11.5 Å². The van der Waals surface area contributed by atoms with Gasteiger partial charge in [-0.05, 0) is 49.4 Å². The van der Waals surface area contributed by atoms with Crippen molar-refractivity contribution in [2.24, 2.45) is 0 Å². The summed E-state index contributed by atoms with van der Waals surface area (Å²) in [6.45, 7) is 1.60. The van der Waals surface area contributed by atoms with E-state index in [0.29, 0.717) is 27.8 Å². The quantitative estimate of drug-likeness (QED) is 0.656. The van der Waals surface area contributed by atoms with E-state index in [4.69, 9.17) is 20.8 Å². The van der Waals surface area contributed by atoms with Crippen LogP contribution in [-0.2, 0) is 4.79 Å². The molecule has 0 aliphatic rings. The highest BCUT2D eigenvalue weighted by Gasteiger charge is 2.17. The van der Waals surface area contributed by atoms with Crippen molar-refractivity contribution in [1.82, 2.24) is 5.32 Å². The number of carbonyl (C=O) groups is 2. The molecular formula is C20H17ClN2O4. The number of benzene rings is 2.